The summed E-state index contributed by atoms with van der Waals surface area (Å²) in [6, 6.07) is 17.3. The smallest absolute Gasteiger partial charge is 0.156 e. The lowest BCUT2D eigenvalue weighted by Gasteiger charge is -2.40. The Morgan fingerprint density at radius 1 is 1.15 bits per heavy atom. The second-order valence-corrected chi connectivity index (χ2v) is 8.73. The fraction of sp³-hybridized carbons (Fsp3) is 0.308. The minimum Gasteiger partial charge on any atom is -0.508 e. The van der Waals surface area contributed by atoms with Gasteiger partial charge < -0.3 is 10.4 Å². The van der Waals surface area contributed by atoms with E-state index in [1.807, 2.05) is 19.1 Å². The van der Waals surface area contributed by atoms with Gasteiger partial charge in [0, 0.05) is 48.7 Å². The van der Waals surface area contributed by atoms with Gasteiger partial charge >= 0.3 is 0 Å². The zero-order valence-electron chi connectivity index (χ0n) is 18.8. The van der Waals surface area contributed by atoms with E-state index in [2.05, 4.69) is 56.6 Å². The van der Waals surface area contributed by atoms with Crippen LogP contribution in [0.25, 0.3) is 22.3 Å². The highest BCUT2D eigenvalue weighted by molar-refractivity contribution is 5.84. The maximum Gasteiger partial charge on any atom is 0.156 e. The number of nitrogens with zero attached hydrogens (tertiary/aromatic N) is 3. The number of nitrogens with one attached hydrogen (secondary N) is 2. The molecule has 7 heteroatoms. The summed E-state index contributed by atoms with van der Waals surface area (Å²) in [6.45, 7) is 6.69. The van der Waals surface area contributed by atoms with Crippen LogP contribution in [0.15, 0.2) is 54.6 Å². The highest BCUT2D eigenvalue weighted by Gasteiger charge is 2.28. The van der Waals surface area contributed by atoms with Gasteiger partial charge in [-0.3, -0.25) is 10.00 Å². The average Bonchev–Trinajstić information content (AvgIpc) is 3.20. The number of phenols is 1. The van der Waals surface area contributed by atoms with E-state index in [4.69, 9.17) is 0 Å². The predicted molar refractivity (Wildman–Crippen MR) is 127 cm³/mol. The first kappa shape index (κ1) is 21.6. The molecule has 2 aromatic carbocycles. The number of pyridine rings is 1. The molecule has 4 aromatic rings. The minimum absolute atomic E-state index is 0.103. The number of fused-ring (bicyclic) bond motifs is 1. The largest absolute Gasteiger partial charge is 0.508 e. The molecular formula is C26H28FN5O. The van der Waals surface area contributed by atoms with Gasteiger partial charge in [0.1, 0.15) is 11.6 Å². The van der Waals surface area contributed by atoms with Gasteiger partial charge in [-0.15, -0.1) is 0 Å². The van der Waals surface area contributed by atoms with Gasteiger partial charge in [-0.25, -0.2) is 9.37 Å². The number of aryl methyl sites for hydroxylation is 1. The summed E-state index contributed by atoms with van der Waals surface area (Å²) < 4.78 is 14.6. The van der Waals surface area contributed by atoms with E-state index in [0.29, 0.717) is 22.9 Å². The molecule has 3 heterocycles. The number of rotatable bonds is 5. The average molecular weight is 446 g/mol. The maximum atomic E-state index is 14.6. The number of phenolic OH excluding ortho intramolecular Hbond substituents is 1. The molecule has 0 aliphatic carbocycles. The zero-order chi connectivity index (χ0) is 22.9. The second kappa shape index (κ2) is 8.92. The highest BCUT2D eigenvalue weighted by atomic mass is 19.1. The molecule has 2 aromatic heterocycles. The maximum absolute atomic E-state index is 14.6. The SMILES string of the molecule is CCC1CNC(c2ccccc2)CN1Cc1cc(-c2ccc(O)cc2F)nc2[nH]nc(C)c12. The number of piperazine rings is 1. The molecule has 2 unspecified atom stereocenters. The van der Waals surface area contributed by atoms with E-state index < -0.39 is 5.82 Å². The van der Waals surface area contributed by atoms with Gasteiger partial charge in [-0.2, -0.15) is 5.10 Å². The first-order valence-corrected chi connectivity index (χ1v) is 11.4. The van der Waals surface area contributed by atoms with Crippen molar-refractivity contribution in [1.29, 1.82) is 0 Å². The van der Waals surface area contributed by atoms with Crippen LogP contribution in [0.3, 0.4) is 0 Å². The summed E-state index contributed by atoms with van der Waals surface area (Å²) >= 11 is 0. The predicted octanol–water partition coefficient (Wildman–Crippen LogP) is 4.70. The molecule has 1 aliphatic heterocycles. The molecule has 170 valence electrons. The van der Waals surface area contributed by atoms with Crippen LogP contribution in [0.2, 0.25) is 0 Å². The first-order valence-electron chi connectivity index (χ1n) is 11.4. The summed E-state index contributed by atoms with van der Waals surface area (Å²) in [7, 11) is 0. The van der Waals surface area contributed by atoms with Crippen LogP contribution in [0.5, 0.6) is 5.75 Å². The zero-order valence-corrected chi connectivity index (χ0v) is 18.8. The Labute approximate surface area is 192 Å². The lowest BCUT2D eigenvalue weighted by atomic mass is 9.98. The minimum atomic E-state index is -0.498. The quantitative estimate of drug-likeness (QED) is 0.415. The van der Waals surface area contributed by atoms with Crippen LogP contribution in [0.1, 0.15) is 36.2 Å². The molecule has 2 atom stereocenters. The van der Waals surface area contributed by atoms with Crippen molar-refractivity contribution in [3.05, 3.63) is 77.2 Å². The lowest BCUT2D eigenvalue weighted by Crippen LogP contribution is -2.51. The lowest BCUT2D eigenvalue weighted by molar-refractivity contribution is 0.119. The number of hydrogen-bond donors (Lipinski definition) is 3. The molecule has 0 amide bonds. The molecule has 0 radical (unpaired) electrons. The van der Waals surface area contributed by atoms with Crippen molar-refractivity contribution < 1.29 is 9.50 Å². The summed E-state index contributed by atoms with van der Waals surface area (Å²) in [4.78, 5) is 7.15. The van der Waals surface area contributed by atoms with Gasteiger partial charge in [-0.1, -0.05) is 37.3 Å². The van der Waals surface area contributed by atoms with Crippen LogP contribution in [-0.4, -0.2) is 44.3 Å². The van der Waals surface area contributed by atoms with Crippen molar-refractivity contribution in [2.45, 2.75) is 38.9 Å². The van der Waals surface area contributed by atoms with Gasteiger partial charge in [0.25, 0.3) is 0 Å². The molecule has 1 saturated heterocycles. The Bertz CT molecular complexity index is 1270. The third-order valence-corrected chi connectivity index (χ3v) is 6.60. The van der Waals surface area contributed by atoms with Crippen molar-refractivity contribution in [2.24, 2.45) is 0 Å². The molecule has 33 heavy (non-hydrogen) atoms. The second-order valence-electron chi connectivity index (χ2n) is 8.73. The number of H-pyrrole nitrogens is 1. The fourth-order valence-electron chi connectivity index (χ4n) is 4.83. The molecule has 6 nitrogen and oxygen atoms in total. The van der Waals surface area contributed by atoms with E-state index in [1.54, 1.807) is 6.07 Å². The van der Waals surface area contributed by atoms with E-state index >= 15 is 0 Å². The van der Waals surface area contributed by atoms with E-state index in [-0.39, 0.29) is 11.8 Å². The number of halogens is 1. The molecule has 1 fully saturated rings. The normalized spacial score (nSPS) is 19.2. The number of aromatic hydroxyl groups is 1. The van der Waals surface area contributed by atoms with Gasteiger partial charge in [0.15, 0.2) is 5.65 Å². The van der Waals surface area contributed by atoms with Crippen molar-refractivity contribution in [3.63, 3.8) is 0 Å². The summed E-state index contributed by atoms with van der Waals surface area (Å²) in [5.41, 5.74) is 4.77. The van der Waals surface area contributed by atoms with Crippen molar-refractivity contribution in [2.75, 3.05) is 13.1 Å². The number of aromatic nitrogens is 3. The first-order chi connectivity index (χ1) is 16.0. The molecule has 1 aliphatic rings. The number of hydrogen-bond acceptors (Lipinski definition) is 5. The van der Waals surface area contributed by atoms with Crippen LogP contribution in [0.4, 0.5) is 4.39 Å². The third-order valence-electron chi connectivity index (χ3n) is 6.60. The van der Waals surface area contributed by atoms with E-state index in [9.17, 15) is 9.50 Å². The topological polar surface area (TPSA) is 77.1 Å². The van der Waals surface area contributed by atoms with Gasteiger partial charge in [-0.05, 0) is 42.7 Å². The van der Waals surface area contributed by atoms with E-state index in [1.165, 1.54) is 11.6 Å². The molecule has 5 rings (SSSR count). The van der Waals surface area contributed by atoms with Crippen LogP contribution in [-0.2, 0) is 6.54 Å². The summed E-state index contributed by atoms with van der Waals surface area (Å²) in [6.07, 6.45) is 1.03. The number of aromatic amines is 1. The third kappa shape index (κ3) is 4.21. The Morgan fingerprint density at radius 3 is 2.73 bits per heavy atom. The molecule has 0 saturated carbocycles. The van der Waals surface area contributed by atoms with Gasteiger partial charge in [0.05, 0.1) is 11.4 Å². The summed E-state index contributed by atoms with van der Waals surface area (Å²) in [5, 5.41) is 21.7. The van der Waals surface area contributed by atoms with Crippen molar-refractivity contribution in [1.82, 2.24) is 25.4 Å². The fourth-order valence-corrected chi connectivity index (χ4v) is 4.83. The van der Waals surface area contributed by atoms with E-state index in [0.717, 1.165) is 48.8 Å². The molecule has 0 bridgehead atoms. The Hall–Kier alpha value is -3.29. The van der Waals surface area contributed by atoms with Crippen molar-refractivity contribution >= 4 is 11.0 Å². The van der Waals surface area contributed by atoms with Crippen LogP contribution >= 0.6 is 0 Å². The Balaban J connectivity index is 1.53. The highest BCUT2D eigenvalue weighted by Crippen LogP contribution is 2.31. The molecular weight excluding hydrogens is 417 g/mol. The molecule has 3 N–H and O–H groups in total. The Morgan fingerprint density at radius 2 is 1.97 bits per heavy atom. The number of benzene rings is 2. The van der Waals surface area contributed by atoms with Gasteiger partial charge in [0.2, 0.25) is 0 Å². The standard InChI is InChI=1S/C26H28FN5O/c1-3-19-13-28-24(17-7-5-4-6-8-17)15-32(19)14-18-11-23(21-10-9-20(33)12-22(21)27)29-26-25(18)16(2)30-31-26/h4-12,19,24,28,33H,3,13-15H2,1-2H3,(H,29,30,31). The van der Waals surface area contributed by atoms with Crippen LogP contribution in [0, 0.1) is 12.7 Å². The summed E-state index contributed by atoms with van der Waals surface area (Å²) in [5.74, 6) is -0.602. The Kier molecular flexibility index (Phi) is 5.83. The molecule has 0 spiro atoms. The van der Waals surface area contributed by atoms with Crippen LogP contribution < -0.4 is 5.32 Å². The van der Waals surface area contributed by atoms with Crippen molar-refractivity contribution in [3.8, 4) is 17.0 Å². The monoisotopic (exact) mass is 445 g/mol.